The SMILES string of the molecule is CCOC(=O)c1cncc(CC(=O)O)c1. The number of nitrogens with zero attached hydrogens (tertiary/aromatic N) is 1. The Labute approximate surface area is 86.7 Å². The number of rotatable bonds is 4. The van der Waals surface area contributed by atoms with Gasteiger partial charge in [0.25, 0.3) is 0 Å². The van der Waals surface area contributed by atoms with Gasteiger partial charge in [0.1, 0.15) is 0 Å². The summed E-state index contributed by atoms with van der Waals surface area (Å²) < 4.78 is 4.76. The van der Waals surface area contributed by atoms with E-state index in [4.69, 9.17) is 9.84 Å². The number of pyridine rings is 1. The van der Waals surface area contributed by atoms with Gasteiger partial charge in [-0.1, -0.05) is 0 Å². The number of aliphatic carboxylic acids is 1. The number of hydrogen-bond donors (Lipinski definition) is 1. The summed E-state index contributed by atoms with van der Waals surface area (Å²) >= 11 is 0. The highest BCUT2D eigenvalue weighted by molar-refractivity contribution is 5.89. The lowest BCUT2D eigenvalue weighted by Crippen LogP contribution is -2.07. The molecule has 1 rings (SSSR count). The molecule has 0 bridgehead atoms. The van der Waals surface area contributed by atoms with E-state index < -0.39 is 11.9 Å². The fourth-order valence-electron chi connectivity index (χ4n) is 1.08. The third-order valence-corrected chi connectivity index (χ3v) is 1.66. The van der Waals surface area contributed by atoms with Crippen molar-refractivity contribution in [3.05, 3.63) is 29.6 Å². The average Bonchev–Trinajstić information content (AvgIpc) is 2.17. The quantitative estimate of drug-likeness (QED) is 0.745. The number of carbonyl (C=O) groups excluding carboxylic acids is 1. The van der Waals surface area contributed by atoms with Gasteiger partial charge in [-0.3, -0.25) is 9.78 Å². The first kappa shape index (κ1) is 11.2. The van der Waals surface area contributed by atoms with Gasteiger partial charge >= 0.3 is 11.9 Å². The minimum atomic E-state index is -0.960. The second-order valence-corrected chi connectivity index (χ2v) is 2.87. The Bertz CT molecular complexity index is 375. The largest absolute Gasteiger partial charge is 0.481 e. The summed E-state index contributed by atoms with van der Waals surface area (Å²) in [5, 5.41) is 8.56. The van der Waals surface area contributed by atoms with Gasteiger partial charge in [-0.05, 0) is 18.6 Å². The maximum atomic E-state index is 11.3. The van der Waals surface area contributed by atoms with E-state index in [0.717, 1.165) is 0 Å². The molecule has 1 aromatic heterocycles. The van der Waals surface area contributed by atoms with Gasteiger partial charge in [-0.15, -0.1) is 0 Å². The first-order chi connectivity index (χ1) is 7.13. The van der Waals surface area contributed by atoms with Crippen LogP contribution in [-0.2, 0) is 16.0 Å². The molecule has 1 heterocycles. The maximum absolute atomic E-state index is 11.3. The Morgan fingerprint density at radius 2 is 2.20 bits per heavy atom. The Kier molecular flexibility index (Phi) is 3.79. The summed E-state index contributed by atoms with van der Waals surface area (Å²) in [5.41, 5.74) is 0.753. The molecule has 0 amide bonds. The normalized spacial score (nSPS) is 9.67. The second-order valence-electron chi connectivity index (χ2n) is 2.87. The molecule has 0 aliphatic heterocycles. The predicted molar refractivity (Wildman–Crippen MR) is 51.5 cm³/mol. The number of aromatic nitrogens is 1. The van der Waals surface area contributed by atoms with E-state index in [9.17, 15) is 9.59 Å². The highest BCUT2D eigenvalue weighted by atomic mass is 16.5. The molecule has 1 N–H and O–H groups in total. The zero-order chi connectivity index (χ0) is 11.3. The van der Waals surface area contributed by atoms with E-state index in [1.54, 1.807) is 6.92 Å². The van der Waals surface area contributed by atoms with Crippen molar-refractivity contribution in [3.63, 3.8) is 0 Å². The van der Waals surface area contributed by atoms with Crippen molar-refractivity contribution in [2.75, 3.05) is 6.61 Å². The van der Waals surface area contributed by atoms with Crippen molar-refractivity contribution in [3.8, 4) is 0 Å². The van der Waals surface area contributed by atoms with E-state index in [2.05, 4.69) is 4.98 Å². The zero-order valence-corrected chi connectivity index (χ0v) is 8.27. The fraction of sp³-hybridized carbons (Fsp3) is 0.300. The molecule has 0 aliphatic rings. The molecule has 5 nitrogen and oxygen atoms in total. The molecule has 0 aromatic carbocycles. The Morgan fingerprint density at radius 3 is 2.80 bits per heavy atom. The Balaban J connectivity index is 2.82. The van der Waals surface area contributed by atoms with E-state index in [-0.39, 0.29) is 18.6 Å². The van der Waals surface area contributed by atoms with E-state index in [0.29, 0.717) is 5.56 Å². The lowest BCUT2D eigenvalue weighted by atomic mass is 10.1. The van der Waals surface area contributed by atoms with E-state index in [1.807, 2.05) is 0 Å². The number of ether oxygens (including phenoxy) is 1. The van der Waals surface area contributed by atoms with E-state index >= 15 is 0 Å². The van der Waals surface area contributed by atoms with Gasteiger partial charge in [-0.25, -0.2) is 4.79 Å². The van der Waals surface area contributed by atoms with Crippen LogP contribution in [0.4, 0.5) is 0 Å². The highest BCUT2D eigenvalue weighted by Gasteiger charge is 2.08. The van der Waals surface area contributed by atoms with Crippen LogP contribution in [-0.4, -0.2) is 28.6 Å². The van der Waals surface area contributed by atoms with Crippen LogP contribution in [0.3, 0.4) is 0 Å². The van der Waals surface area contributed by atoms with Crippen molar-refractivity contribution in [1.82, 2.24) is 4.98 Å². The molecule has 0 unspecified atom stereocenters. The molecule has 15 heavy (non-hydrogen) atoms. The molecule has 80 valence electrons. The monoisotopic (exact) mass is 209 g/mol. The first-order valence-corrected chi connectivity index (χ1v) is 4.46. The van der Waals surface area contributed by atoms with Crippen LogP contribution >= 0.6 is 0 Å². The summed E-state index contributed by atoms with van der Waals surface area (Å²) in [6.07, 6.45) is 2.61. The van der Waals surface area contributed by atoms with Crippen molar-refractivity contribution in [2.45, 2.75) is 13.3 Å². The van der Waals surface area contributed by atoms with Crippen LogP contribution in [0.2, 0.25) is 0 Å². The van der Waals surface area contributed by atoms with Gasteiger partial charge in [0.05, 0.1) is 18.6 Å². The van der Waals surface area contributed by atoms with Crippen molar-refractivity contribution < 1.29 is 19.4 Å². The molecular formula is C10H11NO4. The summed E-state index contributed by atoms with van der Waals surface area (Å²) in [7, 11) is 0. The second kappa shape index (κ2) is 5.09. The van der Waals surface area contributed by atoms with Crippen LogP contribution in [0.15, 0.2) is 18.5 Å². The van der Waals surface area contributed by atoms with Crippen LogP contribution in [0.5, 0.6) is 0 Å². The zero-order valence-electron chi connectivity index (χ0n) is 8.27. The number of carboxylic acid groups (broad SMARTS) is 1. The minimum Gasteiger partial charge on any atom is -0.481 e. The molecule has 0 fully saturated rings. The number of hydrogen-bond acceptors (Lipinski definition) is 4. The number of esters is 1. The van der Waals surface area contributed by atoms with Crippen LogP contribution in [0.1, 0.15) is 22.8 Å². The fourth-order valence-corrected chi connectivity index (χ4v) is 1.08. The van der Waals surface area contributed by atoms with Crippen LogP contribution < -0.4 is 0 Å². The van der Waals surface area contributed by atoms with Crippen molar-refractivity contribution >= 4 is 11.9 Å². The molecule has 0 saturated carbocycles. The summed E-state index contributed by atoms with van der Waals surface area (Å²) in [6, 6.07) is 1.47. The standard InChI is InChI=1S/C10H11NO4/c1-2-15-10(14)8-3-7(4-9(12)13)5-11-6-8/h3,5-6H,2,4H2,1H3,(H,12,13). The molecule has 0 atom stereocenters. The van der Waals surface area contributed by atoms with Gasteiger partial charge in [0.15, 0.2) is 0 Å². The molecule has 5 heteroatoms. The minimum absolute atomic E-state index is 0.153. The topological polar surface area (TPSA) is 76.5 Å². The lowest BCUT2D eigenvalue weighted by Gasteiger charge is -2.02. The van der Waals surface area contributed by atoms with Crippen LogP contribution in [0, 0.1) is 0 Å². The van der Waals surface area contributed by atoms with Gasteiger partial charge in [0, 0.05) is 12.4 Å². The summed E-state index contributed by atoms with van der Waals surface area (Å²) in [6.45, 7) is 1.98. The lowest BCUT2D eigenvalue weighted by molar-refractivity contribution is -0.136. The van der Waals surface area contributed by atoms with Gasteiger partial charge < -0.3 is 9.84 Å². The highest BCUT2D eigenvalue weighted by Crippen LogP contribution is 2.05. The molecule has 0 aliphatic carbocycles. The van der Waals surface area contributed by atoms with Crippen LogP contribution in [0.25, 0.3) is 0 Å². The van der Waals surface area contributed by atoms with E-state index in [1.165, 1.54) is 18.5 Å². The number of carbonyl (C=O) groups is 2. The molecule has 0 radical (unpaired) electrons. The molecule has 0 saturated heterocycles. The number of carboxylic acids is 1. The molecule has 0 spiro atoms. The average molecular weight is 209 g/mol. The smallest absolute Gasteiger partial charge is 0.339 e. The first-order valence-electron chi connectivity index (χ1n) is 4.46. The van der Waals surface area contributed by atoms with Crippen molar-refractivity contribution in [1.29, 1.82) is 0 Å². The third kappa shape index (κ3) is 3.38. The third-order valence-electron chi connectivity index (χ3n) is 1.66. The maximum Gasteiger partial charge on any atom is 0.339 e. The van der Waals surface area contributed by atoms with Gasteiger partial charge in [0.2, 0.25) is 0 Å². The summed E-state index contributed by atoms with van der Waals surface area (Å²) in [5.74, 6) is -1.45. The Morgan fingerprint density at radius 1 is 1.47 bits per heavy atom. The van der Waals surface area contributed by atoms with Gasteiger partial charge in [-0.2, -0.15) is 0 Å². The molecule has 1 aromatic rings. The summed E-state index contributed by atoms with van der Waals surface area (Å²) in [4.78, 5) is 25.5. The van der Waals surface area contributed by atoms with Crippen molar-refractivity contribution in [2.24, 2.45) is 0 Å². The molecular weight excluding hydrogens is 198 g/mol. The predicted octanol–water partition coefficient (Wildman–Crippen LogP) is 0.885. The Hall–Kier alpha value is -1.91.